The van der Waals surface area contributed by atoms with E-state index in [1.54, 1.807) is 42.2 Å². The van der Waals surface area contributed by atoms with Gasteiger partial charge in [-0.15, -0.1) is 0 Å². The third-order valence-corrected chi connectivity index (χ3v) is 6.06. The molecule has 0 saturated carbocycles. The molecular formula is C24H25NO5. The first-order chi connectivity index (χ1) is 14.3. The second kappa shape index (κ2) is 7.59. The molecule has 0 N–H and O–H groups in total. The first kappa shape index (κ1) is 20.1. The Morgan fingerprint density at radius 1 is 1.17 bits per heavy atom. The Hall–Kier alpha value is -3.15. The molecule has 3 atom stereocenters. The summed E-state index contributed by atoms with van der Waals surface area (Å²) in [4.78, 5) is 39.0. The number of rotatable bonds is 4. The van der Waals surface area contributed by atoms with Crippen molar-refractivity contribution in [2.45, 2.75) is 52.2 Å². The fourth-order valence-electron chi connectivity index (χ4n) is 4.14. The van der Waals surface area contributed by atoms with Crippen molar-refractivity contribution >= 4 is 23.3 Å². The number of carbonyl (C=O) groups is 3. The van der Waals surface area contributed by atoms with Crippen LogP contribution >= 0.6 is 0 Å². The quantitative estimate of drug-likeness (QED) is 0.568. The molecule has 2 aliphatic rings. The summed E-state index contributed by atoms with van der Waals surface area (Å²) in [5.41, 5.74) is 3.57. The predicted octanol–water partition coefficient (Wildman–Crippen LogP) is 3.91. The molecule has 0 aliphatic carbocycles. The van der Waals surface area contributed by atoms with Crippen molar-refractivity contribution in [3.8, 4) is 5.75 Å². The number of nitrogens with zero attached hydrogens (tertiary/aromatic N) is 1. The lowest BCUT2D eigenvalue weighted by atomic mass is 9.97. The average Bonchev–Trinajstić information content (AvgIpc) is 3.27. The van der Waals surface area contributed by atoms with Crippen molar-refractivity contribution in [3.63, 3.8) is 0 Å². The number of hydrogen-bond acceptors (Lipinski definition) is 5. The van der Waals surface area contributed by atoms with Gasteiger partial charge in [-0.3, -0.25) is 9.59 Å². The van der Waals surface area contributed by atoms with Crippen LogP contribution in [0.5, 0.6) is 5.75 Å². The molecule has 0 bridgehead atoms. The maximum Gasteiger partial charge on any atom is 0.342 e. The molecule has 6 heteroatoms. The minimum absolute atomic E-state index is 0.0172. The van der Waals surface area contributed by atoms with Gasteiger partial charge in [-0.25, -0.2) is 4.79 Å². The summed E-state index contributed by atoms with van der Waals surface area (Å²) in [6.45, 7) is 7.74. The molecule has 2 aromatic rings. The number of ketones is 1. The third-order valence-electron chi connectivity index (χ3n) is 6.06. The fraction of sp³-hybridized carbons (Fsp3) is 0.375. The number of carbonyl (C=O) groups excluding carboxylic acids is 3. The fourth-order valence-corrected chi connectivity index (χ4v) is 4.14. The van der Waals surface area contributed by atoms with Crippen LogP contribution in [0.1, 0.15) is 65.5 Å². The lowest BCUT2D eigenvalue weighted by Gasteiger charge is -2.16. The first-order valence-corrected chi connectivity index (χ1v) is 10.2. The highest BCUT2D eigenvalue weighted by molar-refractivity contribution is 6.03. The minimum atomic E-state index is -0.937. The second-order valence-corrected chi connectivity index (χ2v) is 8.01. The van der Waals surface area contributed by atoms with Gasteiger partial charge >= 0.3 is 5.97 Å². The number of amides is 1. The summed E-state index contributed by atoms with van der Waals surface area (Å²) in [5, 5.41) is 0. The van der Waals surface area contributed by atoms with Gasteiger partial charge in [-0.2, -0.15) is 0 Å². The van der Waals surface area contributed by atoms with Crippen molar-refractivity contribution in [2.24, 2.45) is 0 Å². The molecule has 30 heavy (non-hydrogen) atoms. The Balaban J connectivity index is 1.50. The summed E-state index contributed by atoms with van der Waals surface area (Å²) in [5.74, 6) is -0.131. The third kappa shape index (κ3) is 3.36. The summed E-state index contributed by atoms with van der Waals surface area (Å²) in [7, 11) is 0. The topological polar surface area (TPSA) is 72.9 Å². The van der Waals surface area contributed by atoms with Gasteiger partial charge in [0.2, 0.25) is 11.7 Å². The zero-order chi connectivity index (χ0) is 21.6. The van der Waals surface area contributed by atoms with Crippen LogP contribution in [-0.4, -0.2) is 36.4 Å². The van der Waals surface area contributed by atoms with Crippen LogP contribution in [0.2, 0.25) is 0 Å². The summed E-state index contributed by atoms with van der Waals surface area (Å²) < 4.78 is 11.4. The molecule has 0 fully saturated rings. The molecule has 6 nitrogen and oxygen atoms in total. The Labute approximate surface area is 175 Å². The van der Waals surface area contributed by atoms with Crippen molar-refractivity contribution in [1.29, 1.82) is 0 Å². The summed E-state index contributed by atoms with van der Waals surface area (Å²) >= 11 is 0. The SMILES string of the molecule is CC(=O)N1CCc2cc(C(=O)[C@H](C)OC(=O)c3cccc4c3O[C@@H](C)[C@@H]4C)ccc21. The van der Waals surface area contributed by atoms with Gasteiger partial charge in [0.05, 0.1) is 0 Å². The van der Waals surface area contributed by atoms with Gasteiger partial charge in [0, 0.05) is 36.2 Å². The molecule has 0 spiro atoms. The Morgan fingerprint density at radius 3 is 2.67 bits per heavy atom. The molecular weight excluding hydrogens is 382 g/mol. The van der Waals surface area contributed by atoms with Crippen LogP contribution in [0.4, 0.5) is 5.69 Å². The lowest BCUT2D eigenvalue weighted by Crippen LogP contribution is -2.26. The minimum Gasteiger partial charge on any atom is -0.489 e. The summed E-state index contributed by atoms with van der Waals surface area (Å²) in [6.07, 6.45) is -0.254. The van der Waals surface area contributed by atoms with Crippen LogP contribution in [0.3, 0.4) is 0 Å². The van der Waals surface area contributed by atoms with Gasteiger partial charge in [0.15, 0.2) is 6.10 Å². The molecule has 0 unspecified atom stereocenters. The largest absolute Gasteiger partial charge is 0.489 e. The molecule has 0 saturated heterocycles. The highest BCUT2D eigenvalue weighted by Gasteiger charge is 2.33. The van der Waals surface area contributed by atoms with Crippen molar-refractivity contribution < 1.29 is 23.9 Å². The van der Waals surface area contributed by atoms with E-state index in [-0.39, 0.29) is 23.7 Å². The molecule has 2 aromatic carbocycles. The number of Topliss-reactive ketones (excluding diaryl/α,β-unsaturated/α-hetero) is 1. The van der Waals surface area contributed by atoms with Gasteiger partial charge in [0.25, 0.3) is 0 Å². The number of hydrogen-bond donors (Lipinski definition) is 0. The molecule has 4 rings (SSSR count). The van der Waals surface area contributed by atoms with E-state index < -0.39 is 12.1 Å². The maximum atomic E-state index is 12.9. The van der Waals surface area contributed by atoms with Crippen molar-refractivity contribution in [2.75, 3.05) is 11.4 Å². The Morgan fingerprint density at radius 2 is 1.93 bits per heavy atom. The normalized spacial score (nSPS) is 20.2. The number of para-hydroxylation sites is 1. The van der Waals surface area contributed by atoms with E-state index in [1.807, 2.05) is 13.0 Å². The van der Waals surface area contributed by atoms with Gasteiger partial charge in [0.1, 0.15) is 17.4 Å². The van der Waals surface area contributed by atoms with E-state index >= 15 is 0 Å². The standard InChI is InChI=1S/C24H25NO5/c1-13-14(2)29-23-19(13)6-5-7-20(23)24(28)30-15(3)22(27)18-8-9-21-17(12-18)10-11-25(21)16(4)26/h5-9,12-15H,10-11H2,1-4H3/t13-,14-,15-/m0/s1. The molecule has 2 aliphatic heterocycles. The van der Waals surface area contributed by atoms with Crippen molar-refractivity contribution in [3.05, 3.63) is 58.7 Å². The van der Waals surface area contributed by atoms with Crippen molar-refractivity contribution in [1.82, 2.24) is 0 Å². The number of ether oxygens (including phenoxy) is 2. The van der Waals surface area contributed by atoms with E-state index in [4.69, 9.17) is 9.47 Å². The molecule has 2 heterocycles. The molecule has 156 valence electrons. The van der Waals surface area contributed by atoms with Gasteiger partial charge in [-0.1, -0.05) is 19.1 Å². The monoisotopic (exact) mass is 407 g/mol. The molecule has 0 aromatic heterocycles. The van der Waals surface area contributed by atoms with Gasteiger partial charge < -0.3 is 14.4 Å². The predicted molar refractivity (Wildman–Crippen MR) is 112 cm³/mol. The average molecular weight is 407 g/mol. The van der Waals surface area contributed by atoms with E-state index in [9.17, 15) is 14.4 Å². The second-order valence-electron chi connectivity index (χ2n) is 8.01. The van der Waals surface area contributed by atoms with E-state index in [2.05, 4.69) is 6.92 Å². The molecule has 1 amide bonds. The van der Waals surface area contributed by atoms with Crippen LogP contribution < -0.4 is 9.64 Å². The van der Waals surface area contributed by atoms with Gasteiger partial charge in [-0.05, 0) is 50.1 Å². The maximum absolute atomic E-state index is 12.9. The highest BCUT2D eigenvalue weighted by atomic mass is 16.5. The number of fused-ring (bicyclic) bond motifs is 2. The smallest absolute Gasteiger partial charge is 0.342 e. The molecule has 0 radical (unpaired) electrons. The van der Waals surface area contributed by atoms with Crippen LogP contribution in [0.25, 0.3) is 0 Å². The van der Waals surface area contributed by atoms with Crippen LogP contribution in [0, 0.1) is 0 Å². The number of benzene rings is 2. The number of anilines is 1. The van der Waals surface area contributed by atoms with E-state index in [0.29, 0.717) is 29.8 Å². The van der Waals surface area contributed by atoms with E-state index in [1.165, 1.54) is 6.92 Å². The van der Waals surface area contributed by atoms with E-state index in [0.717, 1.165) is 16.8 Å². The Bertz CT molecular complexity index is 1040. The first-order valence-electron chi connectivity index (χ1n) is 10.2. The Kier molecular flexibility index (Phi) is 5.10. The zero-order valence-corrected chi connectivity index (χ0v) is 17.6. The zero-order valence-electron chi connectivity index (χ0n) is 17.6. The summed E-state index contributed by atoms with van der Waals surface area (Å²) in [6, 6.07) is 10.7. The number of esters is 1. The van der Waals surface area contributed by atoms with Crippen LogP contribution in [-0.2, 0) is 16.0 Å². The lowest BCUT2D eigenvalue weighted by molar-refractivity contribution is -0.116. The highest BCUT2D eigenvalue weighted by Crippen LogP contribution is 2.40. The van der Waals surface area contributed by atoms with Crippen LogP contribution in [0.15, 0.2) is 36.4 Å².